The Labute approximate surface area is 117 Å². The zero-order valence-electron chi connectivity index (χ0n) is 11.5. The van der Waals surface area contributed by atoms with E-state index in [1.54, 1.807) is 38.4 Å². The lowest BCUT2D eigenvalue weighted by Gasteiger charge is -2.10. The number of nitrogens with one attached hydrogen (secondary N) is 1. The minimum atomic E-state index is -0.501. The molecule has 6 nitrogen and oxygen atoms in total. The van der Waals surface area contributed by atoms with Crippen LogP contribution >= 0.6 is 0 Å². The number of anilines is 1. The average molecular weight is 273 g/mol. The summed E-state index contributed by atoms with van der Waals surface area (Å²) >= 11 is 0. The average Bonchev–Trinajstić information content (AvgIpc) is 2.47. The predicted molar refractivity (Wildman–Crippen MR) is 73.8 cm³/mol. The number of esters is 1. The molecule has 0 heterocycles. The van der Waals surface area contributed by atoms with Gasteiger partial charge in [0.15, 0.2) is 0 Å². The molecule has 20 heavy (non-hydrogen) atoms. The van der Waals surface area contributed by atoms with Crippen LogP contribution in [0, 0.1) is 11.3 Å². The second-order valence-electron chi connectivity index (χ2n) is 4.05. The lowest BCUT2D eigenvalue weighted by atomic mass is 10.2. The van der Waals surface area contributed by atoms with Gasteiger partial charge in [-0.25, -0.2) is 4.79 Å². The maximum atomic E-state index is 11.7. The summed E-state index contributed by atoms with van der Waals surface area (Å²) in [6.07, 6.45) is 1.27. The SMILES string of the molecule is COC(=O)c1ccccc1N/C=C(\C#N)C(=O)N(C)C. The summed E-state index contributed by atoms with van der Waals surface area (Å²) in [7, 11) is 4.39. The first-order valence-corrected chi connectivity index (χ1v) is 5.77. The Morgan fingerprint density at radius 3 is 2.55 bits per heavy atom. The highest BCUT2D eigenvalue weighted by Gasteiger charge is 2.13. The molecule has 0 atom stereocenters. The smallest absolute Gasteiger partial charge is 0.339 e. The van der Waals surface area contributed by atoms with Crippen LogP contribution < -0.4 is 5.32 Å². The van der Waals surface area contributed by atoms with Gasteiger partial charge in [-0.05, 0) is 12.1 Å². The summed E-state index contributed by atoms with van der Waals surface area (Å²) in [4.78, 5) is 24.5. The third kappa shape index (κ3) is 3.59. The first-order valence-electron chi connectivity index (χ1n) is 5.77. The molecule has 1 amide bonds. The van der Waals surface area contributed by atoms with Crippen LogP contribution in [-0.4, -0.2) is 38.0 Å². The molecule has 0 saturated carbocycles. The number of methoxy groups -OCH3 is 1. The Balaban J connectivity index is 3.02. The maximum absolute atomic E-state index is 11.7. The van der Waals surface area contributed by atoms with E-state index in [1.807, 2.05) is 6.07 Å². The van der Waals surface area contributed by atoms with Crippen LogP contribution in [0.15, 0.2) is 36.0 Å². The van der Waals surface area contributed by atoms with Crippen LogP contribution in [0.4, 0.5) is 5.69 Å². The summed E-state index contributed by atoms with van der Waals surface area (Å²) < 4.78 is 4.66. The summed E-state index contributed by atoms with van der Waals surface area (Å²) in [5, 5.41) is 11.7. The van der Waals surface area contributed by atoms with E-state index in [2.05, 4.69) is 10.1 Å². The molecule has 0 unspecified atom stereocenters. The largest absolute Gasteiger partial charge is 0.465 e. The van der Waals surface area contributed by atoms with Gasteiger partial charge in [-0.15, -0.1) is 0 Å². The molecule has 0 saturated heterocycles. The Kier molecular flexibility index (Phi) is 5.30. The highest BCUT2D eigenvalue weighted by Crippen LogP contribution is 2.16. The van der Waals surface area contributed by atoms with Gasteiger partial charge in [-0.1, -0.05) is 12.1 Å². The molecule has 0 fully saturated rings. The lowest BCUT2D eigenvalue weighted by molar-refractivity contribution is -0.124. The quantitative estimate of drug-likeness (QED) is 0.509. The van der Waals surface area contributed by atoms with Crippen LogP contribution in [0.3, 0.4) is 0 Å². The number of ether oxygens (including phenoxy) is 1. The molecule has 1 aromatic carbocycles. The van der Waals surface area contributed by atoms with Crippen molar-refractivity contribution in [3.8, 4) is 6.07 Å². The van der Waals surface area contributed by atoms with Crippen LogP contribution in [-0.2, 0) is 9.53 Å². The molecule has 1 aromatic rings. The summed E-state index contributed by atoms with van der Waals surface area (Å²) in [6, 6.07) is 8.46. The van der Waals surface area contributed by atoms with Gasteiger partial charge in [0, 0.05) is 20.3 Å². The molecule has 0 aliphatic carbocycles. The Hall–Kier alpha value is -2.81. The molecule has 0 aromatic heterocycles. The van der Waals surface area contributed by atoms with Crippen LogP contribution in [0.1, 0.15) is 10.4 Å². The fourth-order valence-electron chi connectivity index (χ4n) is 1.43. The normalized spacial score (nSPS) is 10.4. The van der Waals surface area contributed by atoms with Crippen molar-refractivity contribution in [3.63, 3.8) is 0 Å². The number of carbonyl (C=O) groups is 2. The number of nitrogens with zero attached hydrogens (tertiary/aromatic N) is 2. The number of amides is 1. The minimum Gasteiger partial charge on any atom is -0.465 e. The van der Waals surface area contributed by atoms with E-state index >= 15 is 0 Å². The van der Waals surface area contributed by atoms with Crippen molar-refractivity contribution in [2.45, 2.75) is 0 Å². The van der Waals surface area contributed by atoms with E-state index < -0.39 is 11.9 Å². The molecule has 6 heteroatoms. The van der Waals surface area contributed by atoms with E-state index in [0.717, 1.165) is 0 Å². The van der Waals surface area contributed by atoms with E-state index in [0.29, 0.717) is 11.3 Å². The highest BCUT2D eigenvalue weighted by atomic mass is 16.5. The minimum absolute atomic E-state index is 0.0605. The van der Waals surface area contributed by atoms with Crippen molar-refractivity contribution in [2.75, 3.05) is 26.5 Å². The standard InChI is InChI=1S/C14H15N3O3/c1-17(2)13(18)10(8-15)9-16-12-7-5-4-6-11(12)14(19)20-3/h4-7,9,16H,1-3H3/b10-9+. The van der Waals surface area contributed by atoms with Gasteiger partial charge in [-0.3, -0.25) is 4.79 Å². The number of hydrogen-bond acceptors (Lipinski definition) is 5. The van der Waals surface area contributed by atoms with E-state index in [9.17, 15) is 9.59 Å². The highest BCUT2D eigenvalue weighted by molar-refractivity contribution is 5.98. The van der Waals surface area contributed by atoms with Crippen LogP contribution in [0.25, 0.3) is 0 Å². The number of nitriles is 1. The number of para-hydroxylation sites is 1. The van der Waals surface area contributed by atoms with Crippen molar-refractivity contribution >= 4 is 17.6 Å². The topological polar surface area (TPSA) is 82.4 Å². The van der Waals surface area contributed by atoms with Gasteiger partial charge in [0.25, 0.3) is 5.91 Å². The van der Waals surface area contributed by atoms with Crippen LogP contribution in [0.5, 0.6) is 0 Å². The zero-order chi connectivity index (χ0) is 15.1. The van der Waals surface area contributed by atoms with Crippen molar-refractivity contribution in [1.29, 1.82) is 5.26 Å². The Morgan fingerprint density at radius 1 is 1.35 bits per heavy atom. The summed E-state index contributed by atoms with van der Waals surface area (Å²) in [5.74, 6) is -0.922. The summed E-state index contributed by atoms with van der Waals surface area (Å²) in [5.41, 5.74) is 0.717. The fraction of sp³-hybridized carbons (Fsp3) is 0.214. The van der Waals surface area contributed by atoms with Gasteiger partial charge < -0.3 is 15.0 Å². The molecule has 0 aliphatic rings. The molecule has 0 aliphatic heterocycles. The van der Waals surface area contributed by atoms with Crippen molar-refractivity contribution < 1.29 is 14.3 Å². The number of hydrogen-bond donors (Lipinski definition) is 1. The fourth-order valence-corrected chi connectivity index (χ4v) is 1.43. The van der Waals surface area contributed by atoms with Crippen molar-refractivity contribution in [3.05, 3.63) is 41.6 Å². The first kappa shape index (κ1) is 15.2. The molecular formula is C14H15N3O3. The number of benzene rings is 1. The predicted octanol–water partition coefficient (Wildman–Crippen LogP) is 1.38. The van der Waals surface area contributed by atoms with Crippen molar-refractivity contribution in [1.82, 2.24) is 4.90 Å². The molecule has 104 valence electrons. The van der Waals surface area contributed by atoms with Crippen LogP contribution in [0.2, 0.25) is 0 Å². The van der Waals surface area contributed by atoms with Gasteiger partial charge in [0.2, 0.25) is 0 Å². The third-order valence-electron chi connectivity index (χ3n) is 2.46. The maximum Gasteiger partial charge on any atom is 0.339 e. The van der Waals surface area contributed by atoms with E-state index in [1.165, 1.54) is 18.2 Å². The van der Waals surface area contributed by atoms with Gasteiger partial charge in [0.05, 0.1) is 18.4 Å². The van der Waals surface area contributed by atoms with Gasteiger partial charge >= 0.3 is 5.97 Å². The molecular weight excluding hydrogens is 258 g/mol. The zero-order valence-corrected chi connectivity index (χ0v) is 11.5. The first-order chi connectivity index (χ1) is 9.51. The second-order valence-corrected chi connectivity index (χ2v) is 4.05. The molecule has 0 radical (unpaired) electrons. The second kappa shape index (κ2) is 6.95. The molecule has 0 spiro atoms. The lowest BCUT2D eigenvalue weighted by Crippen LogP contribution is -2.23. The molecule has 1 rings (SSSR count). The van der Waals surface area contributed by atoms with Crippen molar-refractivity contribution in [2.24, 2.45) is 0 Å². The number of likely N-dealkylation sites (N-methyl/N-ethyl adjacent to an activating group) is 1. The Morgan fingerprint density at radius 2 is 2.00 bits per heavy atom. The monoisotopic (exact) mass is 273 g/mol. The van der Waals surface area contributed by atoms with E-state index in [-0.39, 0.29) is 5.57 Å². The number of rotatable bonds is 4. The van der Waals surface area contributed by atoms with Gasteiger partial charge in [0.1, 0.15) is 11.6 Å². The Bertz CT molecular complexity index is 586. The third-order valence-corrected chi connectivity index (χ3v) is 2.46. The van der Waals surface area contributed by atoms with E-state index in [4.69, 9.17) is 5.26 Å². The number of carbonyl (C=O) groups excluding carboxylic acids is 2. The molecule has 0 bridgehead atoms. The summed E-state index contributed by atoms with van der Waals surface area (Å²) in [6.45, 7) is 0. The van der Waals surface area contributed by atoms with Gasteiger partial charge in [-0.2, -0.15) is 5.26 Å². The molecule has 1 N–H and O–H groups in total.